The molecular formula is C20H27N3O4. The SMILES string of the molecule is Cc1cccc(Cn2cncc2C[C@H](NC(CC(C)C)C(=O)O)C(=O)O)c1. The third kappa shape index (κ3) is 6.21. The summed E-state index contributed by atoms with van der Waals surface area (Å²) in [6.45, 7) is 6.41. The Balaban J connectivity index is 2.14. The Morgan fingerprint density at radius 3 is 2.48 bits per heavy atom. The molecule has 0 aliphatic carbocycles. The van der Waals surface area contributed by atoms with Crippen LogP contribution < -0.4 is 5.32 Å². The lowest BCUT2D eigenvalue weighted by Crippen LogP contribution is -2.49. The highest BCUT2D eigenvalue weighted by Crippen LogP contribution is 2.12. The molecule has 1 unspecified atom stereocenters. The second kappa shape index (κ2) is 9.32. The maximum atomic E-state index is 11.7. The van der Waals surface area contributed by atoms with Crippen LogP contribution in [0, 0.1) is 12.8 Å². The molecular weight excluding hydrogens is 346 g/mol. The van der Waals surface area contributed by atoms with Crippen LogP contribution in [-0.4, -0.2) is 43.8 Å². The third-order valence-electron chi connectivity index (χ3n) is 4.35. The Bertz CT molecular complexity index is 785. The van der Waals surface area contributed by atoms with E-state index in [1.54, 1.807) is 12.5 Å². The molecule has 7 nitrogen and oxygen atoms in total. The molecule has 1 aromatic heterocycles. The fraction of sp³-hybridized carbons (Fsp3) is 0.450. The fourth-order valence-corrected chi connectivity index (χ4v) is 3.05. The van der Waals surface area contributed by atoms with Crippen molar-refractivity contribution < 1.29 is 19.8 Å². The van der Waals surface area contributed by atoms with Crippen LogP contribution in [0.1, 0.15) is 37.1 Å². The van der Waals surface area contributed by atoms with Crippen LogP contribution in [0.5, 0.6) is 0 Å². The number of carboxylic acids is 2. The first-order chi connectivity index (χ1) is 12.8. The maximum Gasteiger partial charge on any atom is 0.321 e. The van der Waals surface area contributed by atoms with Gasteiger partial charge in [0, 0.05) is 24.9 Å². The first-order valence-corrected chi connectivity index (χ1v) is 9.02. The molecule has 0 saturated heterocycles. The zero-order chi connectivity index (χ0) is 20.0. The minimum atomic E-state index is -1.08. The number of aromatic nitrogens is 2. The third-order valence-corrected chi connectivity index (χ3v) is 4.35. The van der Waals surface area contributed by atoms with Gasteiger partial charge in [-0.3, -0.25) is 14.9 Å². The average molecular weight is 373 g/mol. The van der Waals surface area contributed by atoms with Crippen LogP contribution in [0.25, 0.3) is 0 Å². The second-order valence-corrected chi connectivity index (χ2v) is 7.28. The summed E-state index contributed by atoms with van der Waals surface area (Å²) in [6, 6.07) is 6.17. The van der Waals surface area contributed by atoms with Gasteiger partial charge in [-0.15, -0.1) is 0 Å². The molecule has 0 saturated carbocycles. The molecule has 0 fully saturated rings. The van der Waals surface area contributed by atoms with Gasteiger partial charge in [0.05, 0.1) is 6.33 Å². The highest BCUT2D eigenvalue weighted by Gasteiger charge is 2.27. The van der Waals surface area contributed by atoms with Crippen LogP contribution in [0.15, 0.2) is 36.8 Å². The zero-order valence-electron chi connectivity index (χ0n) is 15.9. The van der Waals surface area contributed by atoms with Gasteiger partial charge in [-0.05, 0) is 24.8 Å². The summed E-state index contributed by atoms with van der Waals surface area (Å²) in [5.41, 5.74) is 2.99. The van der Waals surface area contributed by atoms with Crippen molar-refractivity contribution in [1.82, 2.24) is 14.9 Å². The molecule has 2 rings (SSSR count). The summed E-state index contributed by atoms with van der Waals surface area (Å²) in [6.07, 6.45) is 3.82. The first-order valence-electron chi connectivity index (χ1n) is 9.02. The average Bonchev–Trinajstić information content (AvgIpc) is 2.99. The Hall–Kier alpha value is -2.67. The molecule has 2 atom stereocenters. The van der Waals surface area contributed by atoms with Crippen molar-refractivity contribution in [3.8, 4) is 0 Å². The van der Waals surface area contributed by atoms with Crippen molar-refractivity contribution in [1.29, 1.82) is 0 Å². The van der Waals surface area contributed by atoms with Crippen molar-refractivity contribution in [3.63, 3.8) is 0 Å². The minimum absolute atomic E-state index is 0.139. The summed E-state index contributed by atoms with van der Waals surface area (Å²) < 4.78 is 1.89. The van der Waals surface area contributed by atoms with Gasteiger partial charge in [-0.25, -0.2) is 4.98 Å². The topological polar surface area (TPSA) is 104 Å². The monoisotopic (exact) mass is 373 g/mol. The molecule has 7 heteroatoms. The number of aliphatic carboxylic acids is 2. The maximum absolute atomic E-state index is 11.7. The molecule has 1 aromatic carbocycles. The van der Waals surface area contributed by atoms with E-state index in [0.717, 1.165) is 16.8 Å². The smallest absolute Gasteiger partial charge is 0.321 e. The minimum Gasteiger partial charge on any atom is -0.480 e. The lowest BCUT2D eigenvalue weighted by molar-refractivity contribution is -0.142. The van der Waals surface area contributed by atoms with E-state index >= 15 is 0 Å². The van der Waals surface area contributed by atoms with Gasteiger partial charge in [-0.1, -0.05) is 43.7 Å². The fourth-order valence-electron chi connectivity index (χ4n) is 3.05. The van der Waals surface area contributed by atoms with Crippen LogP contribution in [-0.2, 0) is 22.6 Å². The van der Waals surface area contributed by atoms with Crippen LogP contribution in [0.2, 0.25) is 0 Å². The van der Waals surface area contributed by atoms with E-state index in [-0.39, 0.29) is 12.3 Å². The molecule has 2 aromatic rings. The Morgan fingerprint density at radius 2 is 1.89 bits per heavy atom. The molecule has 3 N–H and O–H groups in total. The summed E-state index contributed by atoms with van der Waals surface area (Å²) in [7, 11) is 0. The standard InChI is InChI=1S/C20H27N3O4/c1-13(2)7-17(19(24)25)22-18(20(26)27)9-16-10-21-12-23(16)11-15-6-4-5-14(3)8-15/h4-6,8,10,12-13,17-18,22H,7,9,11H2,1-3H3,(H,24,25)(H,26,27)/t17?,18-/m0/s1. The molecule has 27 heavy (non-hydrogen) atoms. The number of imidazole rings is 1. The van der Waals surface area contributed by atoms with Gasteiger partial charge in [-0.2, -0.15) is 0 Å². The normalized spacial score (nSPS) is 13.5. The first kappa shape index (κ1) is 20.6. The number of benzene rings is 1. The predicted octanol–water partition coefficient (Wildman–Crippen LogP) is 2.32. The van der Waals surface area contributed by atoms with E-state index in [2.05, 4.69) is 16.4 Å². The van der Waals surface area contributed by atoms with E-state index in [4.69, 9.17) is 0 Å². The summed E-state index contributed by atoms with van der Waals surface area (Å²) in [5.74, 6) is -1.98. The Morgan fingerprint density at radius 1 is 1.19 bits per heavy atom. The number of rotatable bonds is 10. The van der Waals surface area contributed by atoms with Crippen molar-refractivity contribution >= 4 is 11.9 Å². The lowest BCUT2D eigenvalue weighted by Gasteiger charge is -2.22. The highest BCUT2D eigenvalue weighted by molar-refractivity contribution is 5.77. The van der Waals surface area contributed by atoms with Crippen LogP contribution in [0.3, 0.4) is 0 Å². The number of carboxylic acid groups (broad SMARTS) is 2. The lowest BCUT2D eigenvalue weighted by atomic mass is 10.0. The van der Waals surface area contributed by atoms with Gasteiger partial charge < -0.3 is 14.8 Å². The van der Waals surface area contributed by atoms with Gasteiger partial charge in [0.25, 0.3) is 0 Å². The molecule has 0 aliphatic heterocycles. The van der Waals surface area contributed by atoms with E-state index in [0.29, 0.717) is 13.0 Å². The molecule has 0 radical (unpaired) electrons. The molecule has 146 valence electrons. The largest absolute Gasteiger partial charge is 0.480 e. The Kier molecular flexibility index (Phi) is 7.12. The number of aryl methyl sites for hydroxylation is 1. The van der Waals surface area contributed by atoms with Crippen molar-refractivity contribution in [2.45, 2.75) is 52.2 Å². The molecule has 0 amide bonds. The van der Waals surface area contributed by atoms with E-state index < -0.39 is 24.0 Å². The summed E-state index contributed by atoms with van der Waals surface area (Å²) in [4.78, 5) is 27.3. The van der Waals surface area contributed by atoms with Crippen LogP contribution in [0.4, 0.5) is 0 Å². The summed E-state index contributed by atoms with van der Waals surface area (Å²) >= 11 is 0. The summed E-state index contributed by atoms with van der Waals surface area (Å²) in [5, 5.41) is 21.7. The number of hydrogen-bond donors (Lipinski definition) is 3. The van der Waals surface area contributed by atoms with Crippen molar-refractivity contribution in [2.75, 3.05) is 0 Å². The van der Waals surface area contributed by atoms with Gasteiger partial charge in [0.2, 0.25) is 0 Å². The van der Waals surface area contributed by atoms with Gasteiger partial charge in [0.15, 0.2) is 0 Å². The highest BCUT2D eigenvalue weighted by atomic mass is 16.4. The quantitative estimate of drug-likeness (QED) is 0.590. The van der Waals surface area contributed by atoms with E-state index in [9.17, 15) is 19.8 Å². The number of hydrogen-bond acceptors (Lipinski definition) is 4. The predicted molar refractivity (Wildman–Crippen MR) is 102 cm³/mol. The molecule has 0 spiro atoms. The second-order valence-electron chi connectivity index (χ2n) is 7.28. The van der Waals surface area contributed by atoms with E-state index in [1.807, 2.05) is 43.5 Å². The number of carbonyl (C=O) groups is 2. The molecule has 1 heterocycles. The molecule has 0 aliphatic rings. The number of nitrogens with one attached hydrogen (secondary N) is 1. The van der Waals surface area contributed by atoms with E-state index in [1.165, 1.54) is 0 Å². The van der Waals surface area contributed by atoms with Gasteiger partial charge >= 0.3 is 11.9 Å². The van der Waals surface area contributed by atoms with Crippen molar-refractivity contribution in [3.05, 3.63) is 53.6 Å². The zero-order valence-corrected chi connectivity index (χ0v) is 15.9. The number of nitrogens with zero attached hydrogens (tertiary/aromatic N) is 2. The Labute approximate surface area is 159 Å². The molecule has 0 bridgehead atoms. The van der Waals surface area contributed by atoms with Gasteiger partial charge in [0.1, 0.15) is 12.1 Å². The van der Waals surface area contributed by atoms with Crippen molar-refractivity contribution in [2.24, 2.45) is 5.92 Å². The van der Waals surface area contributed by atoms with Crippen LogP contribution >= 0.6 is 0 Å².